The van der Waals surface area contributed by atoms with Crippen LogP contribution in [0.5, 0.6) is 0 Å². The smallest absolute Gasteiger partial charge is 0.255 e. The van der Waals surface area contributed by atoms with Gasteiger partial charge in [-0.2, -0.15) is 0 Å². The number of aryl methyl sites for hydroxylation is 2. The summed E-state index contributed by atoms with van der Waals surface area (Å²) in [5.41, 5.74) is 3.93. The number of hydrogen-bond donors (Lipinski definition) is 0. The number of rotatable bonds is 2. The van der Waals surface area contributed by atoms with E-state index < -0.39 is 0 Å². The van der Waals surface area contributed by atoms with Crippen LogP contribution in [0.3, 0.4) is 0 Å². The number of nitrogens with zero attached hydrogens (tertiary/aromatic N) is 3. The first-order valence-electron chi connectivity index (χ1n) is 7.47. The molecule has 4 nitrogen and oxygen atoms in total. The number of hydrogen-bond acceptors (Lipinski definition) is 2. The van der Waals surface area contributed by atoms with Gasteiger partial charge in [0.2, 0.25) is 0 Å². The predicted octanol–water partition coefficient (Wildman–Crippen LogP) is 2.83. The number of likely N-dealkylation sites (tertiary alicyclic amines) is 1. The van der Waals surface area contributed by atoms with E-state index in [1.54, 1.807) is 0 Å². The monoisotopic (exact) mass is 271 g/mol. The number of amides is 1. The lowest BCUT2D eigenvalue weighted by molar-refractivity contribution is 0.0724. The first-order valence-corrected chi connectivity index (χ1v) is 7.47. The highest BCUT2D eigenvalue weighted by atomic mass is 16.2. The molecule has 20 heavy (non-hydrogen) atoms. The maximum absolute atomic E-state index is 12.5. The third-order valence-corrected chi connectivity index (χ3v) is 4.18. The topological polar surface area (TPSA) is 37.6 Å². The molecule has 1 saturated heterocycles. The molecule has 0 aromatic carbocycles. The van der Waals surface area contributed by atoms with Crippen molar-refractivity contribution in [3.05, 3.63) is 35.3 Å². The molecule has 0 aliphatic carbocycles. The van der Waals surface area contributed by atoms with Gasteiger partial charge >= 0.3 is 0 Å². The molecular weight excluding hydrogens is 250 g/mol. The van der Waals surface area contributed by atoms with Gasteiger partial charge in [-0.3, -0.25) is 4.79 Å². The third kappa shape index (κ3) is 2.19. The Bertz CT molecular complexity index is 638. The third-order valence-electron chi connectivity index (χ3n) is 4.18. The van der Waals surface area contributed by atoms with E-state index in [2.05, 4.69) is 18.8 Å². The van der Waals surface area contributed by atoms with Crippen LogP contribution in [0.25, 0.3) is 5.65 Å². The minimum Gasteiger partial charge on any atom is -0.339 e. The van der Waals surface area contributed by atoms with Crippen LogP contribution in [0.2, 0.25) is 0 Å². The van der Waals surface area contributed by atoms with E-state index in [0.717, 1.165) is 55.0 Å². The van der Waals surface area contributed by atoms with E-state index in [0.29, 0.717) is 0 Å². The fourth-order valence-corrected chi connectivity index (χ4v) is 2.95. The fraction of sp³-hybridized carbons (Fsp3) is 0.500. The van der Waals surface area contributed by atoms with Crippen molar-refractivity contribution in [2.45, 2.75) is 39.5 Å². The number of carbonyl (C=O) groups is 1. The van der Waals surface area contributed by atoms with Gasteiger partial charge in [-0.05, 0) is 44.7 Å². The summed E-state index contributed by atoms with van der Waals surface area (Å²) in [6.45, 7) is 5.95. The lowest BCUT2D eigenvalue weighted by Gasteiger charge is -2.26. The Morgan fingerprint density at radius 3 is 2.70 bits per heavy atom. The Kier molecular flexibility index (Phi) is 3.47. The zero-order valence-corrected chi connectivity index (χ0v) is 12.2. The van der Waals surface area contributed by atoms with E-state index in [-0.39, 0.29) is 5.91 Å². The molecule has 1 amide bonds. The highest BCUT2D eigenvalue weighted by molar-refractivity contribution is 5.94. The van der Waals surface area contributed by atoms with E-state index in [1.807, 2.05) is 27.6 Å². The molecule has 0 saturated carbocycles. The van der Waals surface area contributed by atoms with Crippen molar-refractivity contribution in [2.24, 2.45) is 0 Å². The molecule has 2 aromatic rings. The summed E-state index contributed by atoms with van der Waals surface area (Å²) < 4.78 is 2.04. The zero-order valence-electron chi connectivity index (χ0n) is 12.2. The summed E-state index contributed by atoms with van der Waals surface area (Å²) in [6.07, 6.45) is 6.34. The average molecular weight is 271 g/mol. The van der Waals surface area contributed by atoms with E-state index in [1.165, 1.54) is 6.42 Å². The standard InChI is InChI=1S/C16H21N3O/c1-3-14-12(2)19-11-13(7-8-15(19)17-14)16(20)18-9-5-4-6-10-18/h7-8,11H,3-6,9-10H2,1-2H3. The van der Waals surface area contributed by atoms with Crippen LogP contribution in [0, 0.1) is 6.92 Å². The van der Waals surface area contributed by atoms with E-state index in [9.17, 15) is 4.79 Å². The molecule has 0 spiro atoms. The van der Waals surface area contributed by atoms with Crippen molar-refractivity contribution in [1.82, 2.24) is 14.3 Å². The van der Waals surface area contributed by atoms with Gasteiger partial charge in [-0.25, -0.2) is 4.98 Å². The maximum atomic E-state index is 12.5. The molecule has 4 heteroatoms. The Balaban J connectivity index is 1.95. The summed E-state index contributed by atoms with van der Waals surface area (Å²) in [4.78, 5) is 19.1. The summed E-state index contributed by atoms with van der Waals surface area (Å²) in [6, 6.07) is 3.85. The number of fused-ring (bicyclic) bond motifs is 1. The number of carbonyl (C=O) groups excluding carboxylic acids is 1. The molecular formula is C16H21N3O. The number of imidazole rings is 1. The Hall–Kier alpha value is -1.84. The van der Waals surface area contributed by atoms with Crippen molar-refractivity contribution in [1.29, 1.82) is 0 Å². The Morgan fingerprint density at radius 2 is 2.00 bits per heavy atom. The largest absolute Gasteiger partial charge is 0.339 e. The molecule has 3 heterocycles. The quantitative estimate of drug-likeness (QED) is 0.842. The molecule has 0 radical (unpaired) electrons. The van der Waals surface area contributed by atoms with Crippen molar-refractivity contribution >= 4 is 11.6 Å². The second-order valence-corrected chi connectivity index (χ2v) is 5.50. The van der Waals surface area contributed by atoms with Crippen LogP contribution in [-0.2, 0) is 6.42 Å². The van der Waals surface area contributed by atoms with Crippen molar-refractivity contribution in [3.63, 3.8) is 0 Å². The normalized spacial score (nSPS) is 15.8. The highest BCUT2D eigenvalue weighted by Gasteiger charge is 2.19. The molecule has 0 unspecified atom stereocenters. The second kappa shape index (κ2) is 5.27. The van der Waals surface area contributed by atoms with Crippen LogP contribution in [0.1, 0.15) is 47.9 Å². The molecule has 106 valence electrons. The van der Waals surface area contributed by atoms with Gasteiger partial charge in [0.05, 0.1) is 11.3 Å². The summed E-state index contributed by atoms with van der Waals surface area (Å²) >= 11 is 0. The van der Waals surface area contributed by atoms with Crippen LogP contribution in [0.4, 0.5) is 0 Å². The minimum absolute atomic E-state index is 0.151. The molecule has 0 bridgehead atoms. The van der Waals surface area contributed by atoms with Crippen LogP contribution < -0.4 is 0 Å². The maximum Gasteiger partial charge on any atom is 0.255 e. The summed E-state index contributed by atoms with van der Waals surface area (Å²) in [5.74, 6) is 0.151. The van der Waals surface area contributed by atoms with Crippen molar-refractivity contribution in [2.75, 3.05) is 13.1 Å². The Labute approximate surface area is 119 Å². The zero-order chi connectivity index (χ0) is 14.1. The van der Waals surface area contributed by atoms with E-state index >= 15 is 0 Å². The van der Waals surface area contributed by atoms with Gasteiger partial charge in [0, 0.05) is 25.0 Å². The van der Waals surface area contributed by atoms with Crippen LogP contribution in [-0.4, -0.2) is 33.3 Å². The van der Waals surface area contributed by atoms with Gasteiger partial charge in [-0.15, -0.1) is 0 Å². The van der Waals surface area contributed by atoms with Gasteiger partial charge in [0.25, 0.3) is 5.91 Å². The predicted molar refractivity (Wildman–Crippen MR) is 79.1 cm³/mol. The second-order valence-electron chi connectivity index (χ2n) is 5.50. The first-order chi connectivity index (χ1) is 9.70. The number of aromatic nitrogens is 2. The fourth-order valence-electron chi connectivity index (χ4n) is 2.95. The van der Waals surface area contributed by atoms with Gasteiger partial charge in [0.1, 0.15) is 5.65 Å². The number of piperidine rings is 1. The molecule has 1 fully saturated rings. The minimum atomic E-state index is 0.151. The van der Waals surface area contributed by atoms with Gasteiger partial charge in [-0.1, -0.05) is 6.92 Å². The summed E-state index contributed by atoms with van der Waals surface area (Å²) in [5, 5.41) is 0. The van der Waals surface area contributed by atoms with Gasteiger partial charge < -0.3 is 9.30 Å². The first kappa shape index (κ1) is 13.2. The van der Waals surface area contributed by atoms with Crippen molar-refractivity contribution in [3.8, 4) is 0 Å². The van der Waals surface area contributed by atoms with E-state index in [4.69, 9.17) is 0 Å². The molecule has 1 aliphatic rings. The molecule has 0 atom stereocenters. The molecule has 0 N–H and O–H groups in total. The molecule has 1 aliphatic heterocycles. The van der Waals surface area contributed by atoms with Crippen LogP contribution in [0.15, 0.2) is 18.3 Å². The lowest BCUT2D eigenvalue weighted by Crippen LogP contribution is -2.35. The Morgan fingerprint density at radius 1 is 1.25 bits per heavy atom. The average Bonchev–Trinajstić information content (AvgIpc) is 2.83. The van der Waals surface area contributed by atoms with Gasteiger partial charge in [0.15, 0.2) is 0 Å². The molecule has 2 aromatic heterocycles. The summed E-state index contributed by atoms with van der Waals surface area (Å²) in [7, 11) is 0. The van der Waals surface area contributed by atoms with Crippen molar-refractivity contribution < 1.29 is 4.79 Å². The SMILES string of the molecule is CCc1nc2ccc(C(=O)N3CCCCC3)cn2c1C. The van der Waals surface area contributed by atoms with Crippen LogP contribution >= 0.6 is 0 Å². The molecule has 3 rings (SSSR count). The lowest BCUT2D eigenvalue weighted by atomic mass is 10.1. The number of pyridine rings is 1. The highest BCUT2D eigenvalue weighted by Crippen LogP contribution is 2.17.